The lowest BCUT2D eigenvalue weighted by molar-refractivity contribution is -0.125. The average molecular weight is 313 g/mol. The molecule has 1 amide bonds. The third kappa shape index (κ3) is 2.65. The summed E-state index contributed by atoms with van der Waals surface area (Å²) < 4.78 is 0.960. The summed E-state index contributed by atoms with van der Waals surface area (Å²) in [6.45, 7) is 2.97. The molecule has 1 aliphatic rings. The van der Waals surface area contributed by atoms with E-state index in [2.05, 4.69) is 27.8 Å². The zero-order valence-corrected chi connectivity index (χ0v) is 11.7. The van der Waals surface area contributed by atoms with Crippen LogP contribution in [0, 0.1) is 11.8 Å². The molecule has 0 aliphatic carbocycles. The highest BCUT2D eigenvalue weighted by Gasteiger charge is 2.21. The van der Waals surface area contributed by atoms with Crippen molar-refractivity contribution in [2.75, 3.05) is 6.54 Å². The molecule has 1 aliphatic heterocycles. The van der Waals surface area contributed by atoms with E-state index in [4.69, 9.17) is 11.6 Å². The molecule has 0 saturated heterocycles. The van der Waals surface area contributed by atoms with E-state index in [1.165, 1.54) is 5.56 Å². The highest BCUT2D eigenvalue weighted by atomic mass is 79.9. The van der Waals surface area contributed by atoms with Gasteiger partial charge in [-0.2, -0.15) is 0 Å². The standard InChI is InChI=1S/C13H11BrClNO/c1-2-3-13(17)16-5-4-9-6-10(15)7-12(14)11(9)8-16/h6-7H,4-5,8H2,1H3. The summed E-state index contributed by atoms with van der Waals surface area (Å²) in [5, 5.41) is 0.726. The lowest BCUT2D eigenvalue weighted by atomic mass is 10.00. The largest absolute Gasteiger partial charge is 0.327 e. The van der Waals surface area contributed by atoms with Crippen LogP contribution < -0.4 is 0 Å². The second kappa shape index (κ2) is 5.12. The Morgan fingerprint density at radius 2 is 2.29 bits per heavy atom. The molecule has 0 fully saturated rings. The van der Waals surface area contributed by atoms with Gasteiger partial charge in [-0.05, 0) is 42.5 Å². The van der Waals surface area contributed by atoms with Crippen LogP contribution in [0.25, 0.3) is 0 Å². The van der Waals surface area contributed by atoms with E-state index < -0.39 is 0 Å². The van der Waals surface area contributed by atoms with Crippen molar-refractivity contribution >= 4 is 33.4 Å². The second-order valence-corrected chi connectivity index (χ2v) is 5.17. The summed E-state index contributed by atoms with van der Waals surface area (Å²) in [7, 11) is 0. The first-order valence-corrected chi connectivity index (χ1v) is 6.47. The maximum atomic E-state index is 11.7. The number of hydrogen-bond donors (Lipinski definition) is 0. The van der Waals surface area contributed by atoms with Crippen molar-refractivity contribution in [3.05, 3.63) is 32.8 Å². The molecule has 0 N–H and O–H groups in total. The molecule has 1 heterocycles. The van der Waals surface area contributed by atoms with E-state index in [1.807, 2.05) is 12.1 Å². The van der Waals surface area contributed by atoms with Crippen molar-refractivity contribution in [3.63, 3.8) is 0 Å². The van der Waals surface area contributed by atoms with Gasteiger partial charge < -0.3 is 4.90 Å². The summed E-state index contributed by atoms with van der Waals surface area (Å²) in [5.41, 5.74) is 2.34. The quantitative estimate of drug-likeness (QED) is 0.674. The van der Waals surface area contributed by atoms with Crippen LogP contribution >= 0.6 is 27.5 Å². The first-order chi connectivity index (χ1) is 8.11. The number of nitrogens with zero attached hydrogens (tertiary/aromatic N) is 1. The van der Waals surface area contributed by atoms with Gasteiger partial charge in [0, 0.05) is 22.6 Å². The maximum Gasteiger partial charge on any atom is 0.298 e. The summed E-state index contributed by atoms with van der Waals surface area (Å²) in [6.07, 6.45) is 0.825. The molecule has 88 valence electrons. The van der Waals surface area contributed by atoms with E-state index in [-0.39, 0.29) is 5.91 Å². The van der Waals surface area contributed by atoms with Crippen LogP contribution in [0.15, 0.2) is 16.6 Å². The molecule has 1 aromatic rings. The van der Waals surface area contributed by atoms with Crippen LogP contribution in [0.4, 0.5) is 0 Å². The Balaban J connectivity index is 2.29. The van der Waals surface area contributed by atoms with Gasteiger partial charge in [-0.25, -0.2) is 0 Å². The van der Waals surface area contributed by atoms with Crippen LogP contribution in [0.2, 0.25) is 5.02 Å². The maximum absolute atomic E-state index is 11.7. The third-order valence-electron chi connectivity index (χ3n) is 2.77. The van der Waals surface area contributed by atoms with Crippen LogP contribution in [-0.4, -0.2) is 17.4 Å². The van der Waals surface area contributed by atoms with Gasteiger partial charge in [0.2, 0.25) is 0 Å². The summed E-state index contributed by atoms with van der Waals surface area (Å²) >= 11 is 9.49. The zero-order valence-electron chi connectivity index (χ0n) is 9.39. The van der Waals surface area contributed by atoms with Gasteiger partial charge in [-0.3, -0.25) is 4.79 Å². The number of hydrogen-bond acceptors (Lipinski definition) is 1. The average Bonchev–Trinajstić information content (AvgIpc) is 2.28. The molecule has 0 saturated carbocycles. The molecular weight excluding hydrogens is 302 g/mol. The van der Waals surface area contributed by atoms with Crippen molar-refractivity contribution in [2.45, 2.75) is 19.9 Å². The van der Waals surface area contributed by atoms with Crippen LogP contribution in [0.1, 0.15) is 18.1 Å². The normalized spacial score (nSPS) is 13.7. The molecule has 17 heavy (non-hydrogen) atoms. The van der Waals surface area contributed by atoms with Crippen molar-refractivity contribution in [1.29, 1.82) is 0 Å². The van der Waals surface area contributed by atoms with Gasteiger partial charge >= 0.3 is 0 Å². The van der Waals surface area contributed by atoms with Gasteiger partial charge in [0.05, 0.1) is 0 Å². The van der Waals surface area contributed by atoms with Crippen LogP contribution in [-0.2, 0) is 17.8 Å². The first-order valence-electron chi connectivity index (χ1n) is 5.30. The fraction of sp³-hybridized carbons (Fsp3) is 0.308. The fourth-order valence-corrected chi connectivity index (χ4v) is 2.94. The molecular formula is C13H11BrClNO. The van der Waals surface area contributed by atoms with E-state index in [9.17, 15) is 4.79 Å². The molecule has 0 radical (unpaired) electrons. The Kier molecular flexibility index (Phi) is 3.76. The number of rotatable bonds is 0. The number of carbonyl (C=O) groups is 1. The SMILES string of the molecule is CC#CC(=O)N1CCc2cc(Cl)cc(Br)c2C1. The number of amides is 1. The topological polar surface area (TPSA) is 20.3 Å². The molecule has 0 unspecified atom stereocenters. The van der Waals surface area contributed by atoms with Crippen molar-refractivity contribution in [2.24, 2.45) is 0 Å². The summed E-state index contributed by atoms with van der Waals surface area (Å²) in [6, 6.07) is 3.83. The van der Waals surface area contributed by atoms with Crippen LogP contribution in [0.3, 0.4) is 0 Å². The Hall–Kier alpha value is -0.980. The van der Waals surface area contributed by atoms with Crippen molar-refractivity contribution in [3.8, 4) is 11.8 Å². The monoisotopic (exact) mass is 311 g/mol. The molecule has 0 bridgehead atoms. The summed E-state index contributed by atoms with van der Waals surface area (Å²) in [5.74, 6) is 5.10. The van der Waals surface area contributed by atoms with Gasteiger partial charge in [-0.15, -0.1) is 0 Å². The summed E-state index contributed by atoms with van der Waals surface area (Å²) in [4.78, 5) is 13.5. The highest BCUT2D eigenvalue weighted by Crippen LogP contribution is 2.30. The smallest absolute Gasteiger partial charge is 0.298 e. The zero-order chi connectivity index (χ0) is 12.4. The predicted molar refractivity (Wildman–Crippen MR) is 71.7 cm³/mol. The van der Waals surface area contributed by atoms with Gasteiger partial charge in [0.1, 0.15) is 0 Å². The Labute approximate surface area is 114 Å². The first kappa shape index (κ1) is 12.5. The molecule has 0 spiro atoms. The number of benzene rings is 1. The second-order valence-electron chi connectivity index (χ2n) is 3.88. The molecule has 0 aromatic heterocycles. The molecule has 1 aromatic carbocycles. The molecule has 4 heteroatoms. The number of carbonyl (C=O) groups excluding carboxylic acids is 1. The molecule has 2 nitrogen and oxygen atoms in total. The Morgan fingerprint density at radius 1 is 1.53 bits per heavy atom. The van der Waals surface area contributed by atoms with Crippen LogP contribution in [0.5, 0.6) is 0 Å². The van der Waals surface area contributed by atoms with E-state index in [1.54, 1.807) is 11.8 Å². The van der Waals surface area contributed by atoms with Gasteiger partial charge in [0.15, 0.2) is 0 Å². The lowest BCUT2D eigenvalue weighted by Crippen LogP contribution is -2.35. The highest BCUT2D eigenvalue weighted by molar-refractivity contribution is 9.10. The van der Waals surface area contributed by atoms with E-state index in [0.29, 0.717) is 13.1 Å². The fourth-order valence-electron chi connectivity index (χ4n) is 1.94. The lowest BCUT2D eigenvalue weighted by Gasteiger charge is -2.28. The van der Waals surface area contributed by atoms with E-state index >= 15 is 0 Å². The van der Waals surface area contributed by atoms with Gasteiger partial charge in [0.25, 0.3) is 5.91 Å². The third-order valence-corrected chi connectivity index (χ3v) is 3.70. The van der Waals surface area contributed by atoms with E-state index in [0.717, 1.165) is 21.5 Å². The minimum absolute atomic E-state index is 0.111. The molecule has 2 rings (SSSR count). The minimum atomic E-state index is -0.111. The Morgan fingerprint density at radius 3 is 3.00 bits per heavy atom. The Bertz CT molecular complexity index is 530. The molecule has 0 atom stereocenters. The van der Waals surface area contributed by atoms with Gasteiger partial charge in [-0.1, -0.05) is 33.5 Å². The number of halogens is 2. The predicted octanol–water partition coefficient (Wildman–Crippen LogP) is 3.01. The van der Waals surface area contributed by atoms with Crippen molar-refractivity contribution in [1.82, 2.24) is 4.90 Å². The van der Waals surface area contributed by atoms with Crippen molar-refractivity contribution < 1.29 is 4.79 Å². The minimum Gasteiger partial charge on any atom is -0.327 e. The number of fused-ring (bicyclic) bond motifs is 1.